The quantitative estimate of drug-likeness (QED) is 0.777. The van der Waals surface area contributed by atoms with Gasteiger partial charge in [-0.25, -0.2) is 0 Å². The zero-order valence-corrected chi connectivity index (χ0v) is 16.6. The highest BCUT2D eigenvalue weighted by molar-refractivity contribution is 5.35. The minimum absolute atomic E-state index is 0.154. The van der Waals surface area contributed by atoms with E-state index in [4.69, 9.17) is 4.74 Å². The molecule has 2 aromatic carbocycles. The molecule has 4 nitrogen and oxygen atoms in total. The molecule has 1 aliphatic rings. The monoisotopic (exact) mass is 368 g/mol. The van der Waals surface area contributed by atoms with Gasteiger partial charge in [0.05, 0.1) is 12.7 Å². The molecule has 0 aromatic heterocycles. The second-order valence-corrected chi connectivity index (χ2v) is 7.37. The summed E-state index contributed by atoms with van der Waals surface area (Å²) in [6, 6.07) is 18.6. The summed E-state index contributed by atoms with van der Waals surface area (Å²) >= 11 is 0. The van der Waals surface area contributed by atoms with Gasteiger partial charge < -0.3 is 14.7 Å². The number of piperazine rings is 1. The molecule has 2 aromatic rings. The first-order chi connectivity index (χ1) is 13.2. The Morgan fingerprint density at radius 3 is 2.22 bits per heavy atom. The standard InChI is InChI=1S/C23H32N2O2/c1-3-24-13-15-25(16-14-24)17-21(26)18-27-23(20-10-5-4-6-11-20)22-12-8-7-9-19(22)2/h4-12,21,23,26H,3,13-18H2,1-2H3/t21-,23-/m1/s1. The molecule has 0 amide bonds. The Morgan fingerprint density at radius 1 is 0.926 bits per heavy atom. The van der Waals surface area contributed by atoms with Crippen LogP contribution in [0.4, 0.5) is 0 Å². The van der Waals surface area contributed by atoms with Gasteiger partial charge in [-0.1, -0.05) is 61.5 Å². The zero-order valence-electron chi connectivity index (χ0n) is 16.6. The van der Waals surface area contributed by atoms with Crippen LogP contribution in [0.2, 0.25) is 0 Å². The smallest absolute Gasteiger partial charge is 0.108 e. The highest BCUT2D eigenvalue weighted by Gasteiger charge is 2.21. The highest BCUT2D eigenvalue weighted by Crippen LogP contribution is 2.28. The molecular weight excluding hydrogens is 336 g/mol. The van der Waals surface area contributed by atoms with Crippen molar-refractivity contribution in [3.8, 4) is 0 Å². The molecule has 27 heavy (non-hydrogen) atoms. The minimum atomic E-state index is -0.478. The van der Waals surface area contributed by atoms with E-state index in [9.17, 15) is 5.11 Å². The Labute approximate surface area is 163 Å². The zero-order chi connectivity index (χ0) is 19.1. The van der Waals surface area contributed by atoms with E-state index in [0.717, 1.165) is 43.9 Å². The number of aryl methyl sites for hydroxylation is 1. The van der Waals surface area contributed by atoms with Crippen LogP contribution < -0.4 is 0 Å². The number of hydrogen-bond acceptors (Lipinski definition) is 4. The van der Waals surface area contributed by atoms with Crippen LogP contribution in [0.15, 0.2) is 54.6 Å². The number of aliphatic hydroxyl groups excluding tert-OH is 1. The predicted octanol–water partition coefficient (Wildman–Crippen LogP) is 3.10. The fourth-order valence-corrected chi connectivity index (χ4v) is 3.72. The van der Waals surface area contributed by atoms with Crippen molar-refractivity contribution in [1.29, 1.82) is 0 Å². The summed E-state index contributed by atoms with van der Waals surface area (Å²) in [4.78, 5) is 4.79. The molecule has 146 valence electrons. The number of benzene rings is 2. The maximum atomic E-state index is 10.6. The summed E-state index contributed by atoms with van der Waals surface area (Å²) in [5, 5.41) is 10.6. The van der Waals surface area contributed by atoms with Gasteiger partial charge >= 0.3 is 0 Å². The van der Waals surface area contributed by atoms with Crippen LogP contribution in [0.5, 0.6) is 0 Å². The molecule has 2 atom stereocenters. The van der Waals surface area contributed by atoms with Crippen LogP contribution in [0.25, 0.3) is 0 Å². The summed E-state index contributed by atoms with van der Waals surface area (Å²) in [5.41, 5.74) is 3.49. The number of hydrogen-bond donors (Lipinski definition) is 1. The molecule has 0 saturated carbocycles. The van der Waals surface area contributed by atoms with Crippen LogP contribution in [-0.4, -0.2) is 66.9 Å². The fraction of sp³-hybridized carbons (Fsp3) is 0.478. The van der Waals surface area contributed by atoms with Crippen molar-refractivity contribution >= 4 is 0 Å². The van der Waals surface area contributed by atoms with Crippen molar-refractivity contribution in [2.45, 2.75) is 26.1 Å². The predicted molar refractivity (Wildman–Crippen MR) is 110 cm³/mol. The van der Waals surface area contributed by atoms with Crippen molar-refractivity contribution < 1.29 is 9.84 Å². The second-order valence-electron chi connectivity index (χ2n) is 7.37. The van der Waals surface area contributed by atoms with E-state index in [0.29, 0.717) is 13.2 Å². The Balaban J connectivity index is 1.61. The van der Waals surface area contributed by atoms with E-state index in [-0.39, 0.29) is 6.10 Å². The third-order valence-electron chi connectivity index (χ3n) is 5.41. The van der Waals surface area contributed by atoms with Crippen LogP contribution in [0.3, 0.4) is 0 Å². The molecule has 0 unspecified atom stereocenters. The van der Waals surface area contributed by atoms with E-state index in [1.807, 2.05) is 30.3 Å². The summed E-state index contributed by atoms with van der Waals surface area (Å²) in [7, 11) is 0. The summed E-state index contributed by atoms with van der Waals surface area (Å²) < 4.78 is 6.25. The van der Waals surface area contributed by atoms with E-state index in [1.54, 1.807) is 0 Å². The molecule has 1 aliphatic heterocycles. The van der Waals surface area contributed by atoms with Crippen molar-refractivity contribution in [3.05, 3.63) is 71.3 Å². The minimum Gasteiger partial charge on any atom is -0.389 e. The van der Waals surface area contributed by atoms with Gasteiger partial charge in [0.2, 0.25) is 0 Å². The van der Waals surface area contributed by atoms with Crippen LogP contribution >= 0.6 is 0 Å². The van der Waals surface area contributed by atoms with Gasteiger partial charge in [0.25, 0.3) is 0 Å². The molecule has 1 heterocycles. The molecule has 0 spiro atoms. The van der Waals surface area contributed by atoms with Crippen LogP contribution in [0, 0.1) is 6.92 Å². The average molecular weight is 369 g/mol. The molecular formula is C23H32N2O2. The first kappa shape index (κ1) is 20.0. The number of likely N-dealkylation sites (N-methyl/N-ethyl adjacent to an activating group) is 1. The normalized spacial score (nSPS) is 18.3. The average Bonchev–Trinajstić information content (AvgIpc) is 2.71. The third kappa shape index (κ3) is 5.63. The van der Waals surface area contributed by atoms with E-state index in [2.05, 4.69) is 47.9 Å². The molecule has 3 rings (SSSR count). The SMILES string of the molecule is CCN1CCN(C[C@@H](O)CO[C@H](c2ccccc2)c2ccccc2C)CC1. The molecule has 4 heteroatoms. The Kier molecular flexibility index (Phi) is 7.41. The molecule has 1 saturated heterocycles. The van der Waals surface area contributed by atoms with E-state index >= 15 is 0 Å². The topological polar surface area (TPSA) is 35.9 Å². The van der Waals surface area contributed by atoms with Crippen LogP contribution in [-0.2, 0) is 4.74 Å². The third-order valence-corrected chi connectivity index (χ3v) is 5.41. The summed E-state index contributed by atoms with van der Waals surface area (Å²) in [6.07, 6.45) is -0.632. The van der Waals surface area contributed by atoms with E-state index in [1.165, 1.54) is 5.56 Å². The van der Waals surface area contributed by atoms with E-state index < -0.39 is 6.10 Å². The second kappa shape index (κ2) is 10.00. The summed E-state index contributed by atoms with van der Waals surface area (Å²) in [6.45, 7) is 10.6. The van der Waals surface area contributed by atoms with Crippen LogP contribution in [0.1, 0.15) is 29.7 Å². The van der Waals surface area contributed by atoms with Crippen molar-refractivity contribution in [2.24, 2.45) is 0 Å². The highest BCUT2D eigenvalue weighted by atomic mass is 16.5. The lowest BCUT2D eigenvalue weighted by atomic mass is 9.97. The van der Waals surface area contributed by atoms with Gasteiger partial charge in [-0.15, -0.1) is 0 Å². The van der Waals surface area contributed by atoms with Gasteiger partial charge in [0.15, 0.2) is 0 Å². The van der Waals surface area contributed by atoms with Gasteiger partial charge in [0, 0.05) is 32.7 Å². The maximum absolute atomic E-state index is 10.6. The lowest BCUT2D eigenvalue weighted by Gasteiger charge is -2.35. The number of rotatable bonds is 8. The Morgan fingerprint density at radius 2 is 1.56 bits per heavy atom. The molecule has 0 bridgehead atoms. The molecule has 0 radical (unpaired) electrons. The molecule has 1 fully saturated rings. The lowest BCUT2D eigenvalue weighted by Crippen LogP contribution is -2.48. The summed E-state index contributed by atoms with van der Waals surface area (Å²) in [5.74, 6) is 0. The number of ether oxygens (including phenoxy) is 1. The molecule has 1 N–H and O–H groups in total. The fourth-order valence-electron chi connectivity index (χ4n) is 3.72. The van der Waals surface area contributed by atoms with Crippen molar-refractivity contribution in [1.82, 2.24) is 9.80 Å². The number of β-amino-alcohol motifs (C(OH)–C–C–N with tert-alkyl or cyclic N) is 1. The largest absolute Gasteiger partial charge is 0.389 e. The Bertz CT molecular complexity index is 684. The lowest BCUT2D eigenvalue weighted by molar-refractivity contribution is -0.0143. The first-order valence-corrected chi connectivity index (χ1v) is 10.0. The van der Waals surface area contributed by atoms with Gasteiger partial charge in [-0.05, 0) is 30.2 Å². The maximum Gasteiger partial charge on any atom is 0.108 e. The van der Waals surface area contributed by atoms with Crippen molar-refractivity contribution in [2.75, 3.05) is 45.9 Å². The Hall–Kier alpha value is -1.72. The number of aliphatic hydroxyl groups is 1. The first-order valence-electron chi connectivity index (χ1n) is 10.0. The van der Waals surface area contributed by atoms with Gasteiger partial charge in [-0.3, -0.25) is 4.90 Å². The van der Waals surface area contributed by atoms with Gasteiger partial charge in [-0.2, -0.15) is 0 Å². The number of nitrogens with zero attached hydrogens (tertiary/aromatic N) is 2. The molecule has 0 aliphatic carbocycles. The van der Waals surface area contributed by atoms with Gasteiger partial charge in [0.1, 0.15) is 6.10 Å². The van der Waals surface area contributed by atoms with Crippen molar-refractivity contribution in [3.63, 3.8) is 0 Å².